The molecule has 0 fully saturated rings. The Bertz CT molecular complexity index is 780. The molecule has 108 valence electrons. The number of hydrogen-bond donors (Lipinski definition) is 0. The van der Waals surface area contributed by atoms with Crippen LogP contribution in [0.5, 0.6) is 0 Å². The van der Waals surface area contributed by atoms with Gasteiger partial charge in [0.25, 0.3) is 0 Å². The summed E-state index contributed by atoms with van der Waals surface area (Å²) in [6.45, 7) is 5.47. The third-order valence-corrected chi connectivity index (χ3v) is 2.94. The molecule has 0 aliphatic carbocycles. The first-order valence-corrected chi connectivity index (χ1v) is 6.70. The largest absolute Gasteiger partial charge is 0.464 e. The van der Waals surface area contributed by atoms with Crippen molar-refractivity contribution in [2.75, 3.05) is 0 Å². The number of furan rings is 1. The van der Waals surface area contributed by atoms with Crippen molar-refractivity contribution in [2.24, 2.45) is 0 Å². The van der Waals surface area contributed by atoms with Crippen molar-refractivity contribution in [3.63, 3.8) is 0 Å². The second-order valence-electron chi connectivity index (χ2n) is 5.76. The van der Waals surface area contributed by atoms with Crippen molar-refractivity contribution >= 4 is 17.0 Å². The van der Waals surface area contributed by atoms with E-state index in [0.29, 0.717) is 11.3 Å². The maximum absolute atomic E-state index is 12.3. The van der Waals surface area contributed by atoms with Gasteiger partial charge in [0.1, 0.15) is 11.4 Å². The summed E-state index contributed by atoms with van der Waals surface area (Å²) in [5.41, 5.74) is 0.914. The summed E-state index contributed by atoms with van der Waals surface area (Å²) in [4.78, 5) is 12.3. The number of fused-ring (bicyclic) bond motifs is 1. The number of carbonyl (C=O) groups is 1. The van der Waals surface area contributed by atoms with E-state index < -0.39 is 11.7 Å². The zero-order valence-corrected chi connectivity index (χ0v) is 12.2. The fourth-order valence-corrected chi connectivity index (χ4v) is 2.15. The van der Waals surface area contributed by atoms with E-state index in [4.69, 9.17) is 9.15 Å². The average molecular weight is 284 g/mol. The Morgan fingerprint density at radius 1 is 1.24 bits per heavy atom. The smallest absolute Gasteiger partial charge is 0.435 e. The van der Waals surface area contributed by atoms with Crippen LogP contribution in [-0.4, -0.2) is 21.5 Å². The zero-order valence-electron chi connectivity index (χ0n) is 12.2. The minimum atomic E-state index is -0.574. The molecule has 0 spiro atoms. The maximum Gasteiger partial charge on any atom is 0.435 e. The van der Waals surface area contributed by atoms with Crippen molar-refractivity contribution in [2.45, 2.75) is 26.4 Å². The molecule has 0 radical (unpaired) electrons. The van der Waals surface area contributed by atoms with Gasteiger partial charge in [-0.05, 0) is 39.0 Å². The van der Waals surface area contributed by atoms with Crippen LogP contribution in [0.3, 0.4) is 0 Å². The highest BCUT2D eigenvalue weighted by atomic mass is 16.6. The van der Waals surface area contributed by atoms with Gasteiger partial charge in [-0.25, -0.2) is 4.79 Å². The number of aromatic nitrogens is 2. The minimum Gasteiger partial charge on any atom is -0.464 e. The van der Waals surface area contributed by atoms with Crippen LogP contribution in [-0.2, 0) is 4.74 Å². The van der Waals surface area contributed by atoms with Crippen LogP contribution < -0.4 is 0 Å². The van der Waals surface area contributed by atoms with Gasteiger partial charge < -0.3 is 9.15 Å². The number of nitrogens with zero attached hydrogens (tertiary/aromatic N) is 2. The van der Waals surface area contributed by atoms with E-state index in [1.54, 1.807) is 12.5 Å². The number of benzene rings is 1. The molecule has 21 heavy (non-hydrogen) atoms. The first-order chi connectivity index (χ1) is 9.96. The Labute approximate surface area is 122 Å². The van der Waals surface area contributed by atoms with E-state index in [0.717, 1.165) is 10.9 Å². The summed E-state index contributed by atoms with van der Waals surface area (Å²) < 4.78 is 12.1. The highest BCUT2D eigenvalue weighted by Gasteiger charge is 2.22. The molecule has 0 aliphatic heterocycles. The van der Waals surface area contributed by atoms with Gasteiger partial charge in [0.2, 0.25) is 0 Å². The molecular formula is C16H16N2O3. The van der Waals surface area contributed by atoms with E-state index in [1.807, 2.05) is 51.1 Å². The average Bonchev–Trinajstić information content (AvgIpc) is 3.05. The molecule has 5 heteroatoms. The highest BCUT2D eigenvalue weighted by molar-refractivity contribution is 5.97. The van der Waals surface area contributed by atoms with Gasteiger partial charge >= 0.3 is 6.09 Å². The van der Waals surface area contributed by atoms with Crippen LogP contribution in [0.2, 0.25) is 0 Å². The summed E-state index contributed by atoms with van der Waals surface area (Å²) in [7, 11) is 0. The number of hydrogen-bond acceptors (Lipinski definition) is 4. The maximum atomic E-state index is 12.3. The minimum absolute atomic E-state index is 0.503. The predicted octanol–water partition coefficient (Wildman–Crippen LogP) is 4.08. The lowest BCUT2D eigenvalue weighted by Crippen LogP contribution is -2.27. The van der Waals surface area contributed by atoms with Gasteiger partial charge in [-0.1, -0.05) is 12.1 Å². The van der Waals surface area contributed by atoms with Crippen LogP contribution >= 0.6 is 0 Å². The van der Waals surface area contributed by atoms with Crippen molar-refractivity contribution in [3.8, 4) is 11.3 Å². The van der Waals surface area contributed by atoms with E-state index >= 15 is 0 Å². The number of rotatable bonds is 1. The number of para-hydroxylation sites is 1. The third kappa shape index (κ3) is 2.54. The molecular weight excluding hydrogens is 268 g/mol. The lowest BCUT2D eigenvalue weighted by molar-refractivity contribution is 0.0523. The molecule has 0 amide bonds. The fourth-order valence-electron chi connectivity index (χ4n) is 2.15. The van der Waals surface area contributed by atoms with E-state index in [-0.39, 0.29) is 0 Å². The summed E-state index contributed by atoms with van der Waals surface area (Å²) in [5.74, 6) is 0.686. The zero-order chi connectivity index (χ0) is 15.0. The van der Waals surface area contributed by atoms with E-state index in [1.165, 1.54) is 4.68 Å². The Kier molecular flexibility index (Phi) is 3.05. The summed E-state index contributed by atoms with van der Waals surface area (Å²) in [5, 5.41) is 5.01. The monoisotopic (exact) mass is 284 g/mol. The summed E-state index contributed by atoms with van der Waals surface area (Å²) in [6.07, 6.45) is 2.74. The standard InChI is InChI=1S/C16H16N2O3/c1-16(2,3)21-15(19)18-14-11(10-17-18)6-4-7-12(14)13-8-5-9-20-13/h4-10H,1-3H3. The molecule has 0 saturated carbocycles. The van der Waals surface area contributed by atoms with Crippen molar-refractivity contribution < 1.29 is 13.9 Å². The van der Waals surface area contributed by atoms with Crippen LogP contribution in [0.25, 0.3) is 22.2 Å². The quantitative estimate of drug-likeness (QED) is 0.675. The third-order valence-electron chi connectivity index (χ3n) is 2.94. The predicted molar refractivity (Wildman–Crippen MR) is 79.1 cm³/mol. The van der Waals surface area contributed by atoms with Gasteiger partial charge in [-0.2, -0.15) is 9.78 Å². The van der Waals surface area contributed by atoms with Gasteiger partial charge in [-0.3, -0.25) is 0 Å². The number of carbonyl (C=O) groups excluding carboxylic acids is 1. The molecule has 1 aromatic carbocycles. The molecule has 5 nitrogen and oxygen atoms in total. The summed E-state index contributed by atoms with van der Waals surface area (Å²) in [6, 6.07) is 9.35. The molecule has 2 heterocycles. The Morgan fingerprint density at radius 3 is 2.71 bits per heavy atom. The molecule has 0 aliphatic rings. The topological polar surface area (TPSA) is 57.3 Å². The van der Waals surface area contributed by atoms with E-state index in [2.05, 4.69) is 5.10 Å². The molecule has 3 rings (SSSR count). The molecule has 0 unspecified atom stereocenters. The van der Waals surface area contributed by atoms with Crippen LogP contribution in [0.15, 0.2) is 47.2 Å². The second-order valence-corrected chi connectivity index (χ2v) is 5.76. The normalized spacial score (nSPS) is 11.8. The van der Waals surface area contributed by atoms with Crippen LogP contribution in [0.4, 0.5) is 4.79 Å². The number of ether oxygens (including phenoxy) is 1. The molecule has 3 aromatic rings. The van der Waals surface area contributed by atoms with Gasteiger partial charge in [0.05, 0.1) is 18.0 Å². The van der Waals surface area contributed by atoms with Crippen molar-refractivity contribution in [3.05, 3.63) is 42.8 Å². The van der Waals surface area contributed by atoms with Crippen molar-refractivity contribution in [1.82, 2.24) is 9.78 Å². The van der Waals surface area contributed by atoms with Gasteiger partial charge in [0, 0.05) is 10.9 Å². The first kappa shape index (κ1) is 13.4. The molecule has 2 aromatic heterocycles. The highest BCUT2D eigenvalue weighted by Crippen LogP contribution is 2.29. The SMILES string of the molecule is CC(C)(C)OC(=O)n1ncc2cccc(-c3ccco3)c21. The molecule has 0 N–H and O–H groups in total. The summed E-state index contributed by atoms with van der Waals surface area (Å²) >= 11 is 0. The van der Waals surface area contributed by atoms with Gasteiger partial charge in [-0.15, -0.1) is 0 Å². The Hall–Kier alpha value is -2.56. The van der Waals surface area contributed by atoms with Crippen molar-refractivity contribution in [1.29, 1.82) is 0 Å². The second kappa shape index (κ2) is 4.77. The Balaban J connectivity index is 2.15. The molecule has 0 saturated heterocycles. The first-order valence-electron chi connectivity index (χ1n) is 6.70. The fraction of sp³-hybridized carbons (Fsp3) is 0.250. The van der Waals surface area contributed by atoms with Crippen LogP contribution in [0.1, 0.15) is 20.8 Å². The molecule has 0 bridgehead atoms. The van der Waals surface area contributed by atoms with E-state index in [9.17, 15) is 4.79 Å². The lowest BCUT2D eigenvalue weighted by atomic mass is 10.1. The van der Waals surface area contributed by atoms with Crippen LogP contribution in [0, 0.1) is 0 Å². The lowest BCUT2D eigenvalue weighted by Gasteiger charge is -2.19. The molecule has 0 atom stereocenters. The Morgan fingerprint density at radius 2 is 2.05 bits per heavy atom. The van der Waals surface area contributed by atoms with Gasteiger partial charge in [0.15, 0.2) is 0 Å².